The van der Waals surface area contributed by atoms with Gasteiger partial charge < -0.3 is 9.73 Å². The summed E-state index contributed by atoms with van der Waals surface area (Å²) in [5.74, 6) is 2.84. The number of aromatic nitrogens is 2. The topological polar surface area (TPSA) is 60.1 Å². The van der Waals surface area contributed by atoms with E-state index in [0.29, 0.717) is 12.1 Å². The van der Waals surface area contributed by atoms with Crippen molar-refractivity contribution in [3.63, 3.8) is 0 Å². The number of aryl methyl sites for hydroxylation is 2. The van der Waals surface area contributed by atoms with Crippen molar-refractivity contribution in [2.45, 2.75) is 39.5 Å². The van der Waals surface area contributed by atoms with Gasteiger partial charge in [-0.1, -0.05) is 0 Å². The Balaban J connectivity index is 1.70. The number of amides is 1. The van der Waals surface area contributed by atoms with Crippen molar-refractivity contribution in [3.8, 4) is 0 Å². The highest BCUT2D eigenvalue weighted by atomic mass is 32.2. The molecule has 0 radical (unpaired) electrons. The van der Waals surface area contributed by atoms with Gasteiger partial charge in [0.05, 0.1) is 23.3 Å². The SMILES string of the molecule is CCn1nc(C)c(C(=O)NCCCSCc2ccco2)c1C. The van der Waals surface area contributed by atoms with Crippen molar-refractivity contribution in [1.29, 1.82) is 0 Å². The van der Waals surface area contributed by atoms with Crippen molar-refractivity contribution in [2.75, 3.05) is 12.3 Å². The first-order chi connectivity index (χ1) is 10.6. The molecule has 0 aliphatic heterocycles. The van der Waals surface area contributed by atoms with E-state index in [0.717, 1.165) is 41.6 Å². The average Bonchev–Trinajstić information content (AvgIpc) is 3.10. The lowest BCUT2D eigenvalue weighted by Crippen LogP contribution is -2.26. The fourth-order valence-electron chi connectivity index (χ4n) is 2.37. The van der Waals surface area contributed by atoms with E-state index in [-0.39, 0.29) is 5.91 Å². The summed E-state index contributed by atoms with van der Waals surface area (Å²) < 4.78 is 7.14. The minimum absolute atomic E-state index is 0.0225. The van der Waals surface area contributed by atoms with E-state index in [4.69, 9.17) is 4.42 Å². The molecule has 1 N–H and O–H groups in total. The van der Waals surface area contributed by atoms with Gasteiger partial charge >= 0.3 is 0 Å². The normalized spacial score (nSPS) is 10.9. The average molecular weight is 321 g/mol. The van der Waals surface area contributed by atoms with Crippen LogP contribution in [0.5, 0.6) is 0 Å². The Morgan fingerprint density at radius 3 is 2.91 bits per heavy atom. The van der Waals surface area contributed by atoms with E-state index in [1.807, 2.05) is 49.3 Å². The molecule has 0 aliphatic rings. The Bertz CT molecular complexity index is 605. The molecular weight excluding hydrogens is 298 g/mol. The summed E-state index contributed by atoms with van der Waals surface area (Å²) in [4.78, 5) is 12.2. The molecule has 0 saturated carbocycles. The van der Waals surface area contributed by atoms with Gasteiger partial charge in [0, 0.05) is 18.8 Å². The van der Waals surface area contributed by atoms with Crippen LogP contribution >= 0.6 is 11.8 Å². The Kier molecular flexibility index (Phi) is 6.12. The van der Waals surface area contributed by atoms with Crippen LogP contribution in [0.3, 0.4) is 0 Å². The molecule has 0 atom stereocenters. The van der Waals surface area contributed by atoms with Crippen LogP contribution in [-0.2, 0) is 12.3 Å². The predicted octanol–water partition coefficient (Wildman–Crippen LogP) is 3.17. The second-order valence-corrected chi connectivity index (χ2v) is 6.21. The number of nitrogens with zero attached hydrogens (tertiary/aromatic N) is 2. The van der Waals surface area contributed by atoms with E-state index in [1.165, 1.54) is 0 Å². The summed E-state index contributed by atoms with van der Waals surface area (Å²) in [5, 5.41) is 7.36. The number of furan rings is 1. The molecule has 0 bridgehead atoms. The first kappa shape index (κ1) is 16.7. The fourth-order valence-corrected chi connectivity index (χ4v) is 3.22. The molecule has 2 rings (SSSR count). The Morgan fingerprint density at radius 2 is 2.27 bits per heavy atom. The van der Waals surface area contributed by atoms with Crippen LogP contribution in [0.4, 0.5) is 0 Å². The van der Waals surface area contributed by atoms with Crippen molar-refractivity contribution >= 4 is 17.7 Å². The second-order valence-electron chi connectivity index (χ2n) is 5.10. The number of carbonyl (C=O) groups is 1. The largest absolute Gasteiger partial charge is 0.468 e. The van der Waals surface area contributed by atoms with Crippen LogP contribution in [0.2, 0.25) is 0 Å². The van der Waals surface area contributed by atoms with Gasteiger partial charge in [-0.2, -0.15) is 16.9 Å². The van der Waals surface area contributed by atoms with Gasteiger partial charge in [0.25, 0.3) is 5.91 Å². The van der Waals surface area contributed by atoms with E-state index < -0.39 is 0 Å². The highest BCUT2D eigenvalue weighted by Crippen LogP contribution is 2.14. The minimum atomic E-state index is -0.0225. The number of hydrogen-bond acceptors (Lipinski definition) is 4. The molecule has 5 nitrogen and oxygen atoms in total. The zero-order chi connectivity index (χ0) is 15.9. The van der Waals surface area contributed by atoms with Gasteiger partial charge in [0.2, 0.25) is 0 Å². The fraction of sp³-hybridized carbons (Fsp3) is 0.500. The number of carbonyl (C=O) groups excluding carboxylic acids is 1. The van der Waals surface area contributed by atoms with E-state index >= 15 is 0 Å². The summed E-state index contributed by atoms with van der Waals surface area (Å²) in [6.45, 7) is 7.31. The molecule has 0 aliphatic carbocycles. The molecule has 0 unspecified atom stereocenters. The van der Waals surface area contributed by atoms with Crippen molar-refractivity contribution < 1.29 is 9.21 Å². The maximum atomic E-state index is 12.2. The summed E-state index contributed by atoms with van der Waals surface area (Å²) in [6, 6.07) is 3.88. The molecule has 2 heterocycles. The first-order valence-electron chi connectivity index (χ1n) is 7.55. The lowest BCUT2D eigenvalue weighted by Gasteiger charge is -2.06. The van der Waals surface area contributed by atoms with Crippen molar-refractivity contribution in [2.24, 2.45) is 0 Å². The lowest BCUT2D eigenvalue weighted by atomic mass is 10.2. The molecular formula is C16H23N3O2S. The first-order valence-corrected chi connectivity index (χ1v) is 8.71. The smallest absolute Gasteiger partial charge is 0.255 e. The Labute approximate surface area is 135 Å². The van der Waals surface area contributed by atoms with Crippen LogP contribution in [0, 0.1) is 13.8 Å². The van der Waals surface area contributed by atoms with Gasteiger partial charge in [0.1, 0.15) is 5.76 Å². The van der Waals surface area contributed by atoms with Gasteiger partial charge in [-0.05, 0) is 45.1 Å². The maximum absolute atomic E-state index is 12.2. The molecule has 1 amide bonds. The highest BCUT2D eigenvalue weighted by Gasteiger charge is 2.17. The van der Waals surface area contributed by atoms with Gasteiger partial charge in [-0.15, -0.1) is 0 Å². The van der Waals surface area contributed by atoms with E-state index in [9.17, 15) is 4.79 Å². The second kappa shape index (κ2) is 8.08. The molecule has 2 aromatic rings. The molecule has 120 valence electrons. The molecule has 6 heteroatoms. The molecule has 0 fully saturated rings. The zero-order valence-corrected chi connectivity index (χ0v) is 14.2. The van der Waals surface area contributed by atoms with Crippen LogP contribution in [-0.4, -0.2) is 28.0 Å². The van der Waals surface area contributed by atoms with Gasteiger partial charge in [-0.25, -0.2) is 0 Å². The summed E-state index contributed by atoms with van der Waals surface area (Å²) in [7, 11) is 0. The third-order valence-corrected chi connectivity index (χ3v) is 4.55. The number of nitrogens with one attached hydrogen (secondary N) is 1. The maximum Gasteiger partial charge on any atom is 0.255 e. The predicted molar refractivity (Wildman–Crippen MR) is 89.2 cm³/mol. The van der Waals surface area contributed by atoms with E-state index in [2.05, 4.69) is 10.4 Å². The molecule has 0 aromatic carbocycles. The number of rotatable bonds is 8. The van der Waals surface area contributed by atoms with E-state index in [1.54, 1.807) is 6.26 Å². The summed E-state index contributed by atoms with van der Waals surface area (Å²) >= 11 is 1.81. The van der Waals surface area contributed by atoms with Crippen LogP contribution < -0.4 is 5.32 Å². The van der Waals surface area contributed by atoms with Crippen molar-refractivity contribution in [3.05, 3.63) is 41.1 Å². The third kappa shape index (κ3) is 4.16. The van der Waals surface area contributed by atoms with Gasteiger partial charge in [-0.3, -0.25) is 9.48 Å². The summed E-state index contributed by atoms with van der Waals surface area (Å²) in [6.07, 6.45) is 2.63. The van der Waals surface area contributed by atoms with Crippen LogP contribution in [0.1, 0.15) is 40.9 Å². The number of hydrogen-bond donors (Lipinski definition) is 1. The highest BCUT2D eigenvalue weighted by molar-refractivity contribution is 7.98. The summed E-state index contributed by atoms with van der Waals surface area (Å²) in [5.41, 5.74) is 2.44. The molecule has 0 spiro atoms. The van der Waals surface area contributed by atoms with Gasteiger partial charge in [0.15, 0.2) is 0 Å². The Hall–Kier alpha value is -1.69. The van der Waals surface area contributed by atoms with Crippen LogP contribution in [0.15, 0.2) is 22.8 Å². The molecule has 22 heavy (non-hydrogen) atoms. The number of thioether (sulfide) groups is 1. The lowest BCUT2D eigenvalue weighted by molar-refractivity contribution is 0.0952. The van der Waals surface area contributed by atoms with Crippen LogP contribution in [0.25, 0.3) is 0 Å². The molecule has 0 saturated heterocycles. The molecule has 2 aromatic heterocycles. The quantitative estimate of drug-likeness (QED) is 0.759. The zero-order valence-electron chi connectivity index (χ0n) is 13.4. The minimum Gasteiger partial charge on any atom is -0.468 e. The Morgan fingerprint density at radius 1 is 1.45 bits per heavy atom. The standard InChI is InChI=1S/C16H23N3O2S/c1-4-19-13(3)15(12(2)18-19)16(20)17-8-6-10-22-11-14-7-5-9-21-14/h5,7,9H,4,6,8,10-11H2,1-3H3,(H,17,20). The monoisotopic (exact) mass is 321 g/mol. The third-order valence-electron chi connectivity index (χ3n) is 3.48. The van der Waals surface area contributed by atoms with Crippen molar-refractivity contribution in [1.82, 2.24) is 15.1 Å².